The van der Waals surface area contributed by atoms with Crippen LogP contribution in [0.3, 0.4) is 0 Å². The molecule has 0 heterocycles. The van der Waals surface area contributed by atoms with Crippen LogP contribution in [-0.2, 0) is 0 Å². The van der Waals surface area contributed by atoms with Crippen molar-refractivity contribution >= 4 is 33.2 Å². The molecule has 2 aromatic rings. The number of hydrogen-bond acceptors (Lipinski definition) is 2. The van der Waals surface area contributed by atoms with E-state index in [9.17, 15) is 5.26 Å². The van der Waals surface area contributed by atoms with E-state index < -0.39 is 6.04 Å². The van der Waals surface area contributed by atoms with Crippen LogP contribution in [0.2, 0.25) is 5.02 Å². The molecule has 0 saturated carbocycles. The lowest BCUT2D eigenvalue weighted by molar-refractivity contribution is 0.996. The topological polar surface area (TPSA) is 35.8 Å². The molecular formula is C15H12BrClN2. The van der Waals surface area contributed by atoms with E-state index >= 15 is 0 Å². The average Bonchev–Trinajstić information content (AvgIpc) is 2.41. The Kier molecular flexibility index (Phi) is 4.47. The fourth-order valence-electron chi connectivity index (χ4n) is 1.69. The molecule has 0 aliphatic heterocycles. The zero-order valence-corrected chi connectivity index (χ0v) is 12.7. The lowest BCUT2D eigenvalue weighted by atomic mass is 10.1. The molecule has 0 spiro atoms. The summed E-state index contributed by atoms with van der Waals surface area (Å²) in [6.07, 6.45) is 0. The zero-order chi connectivity index (χ0) is 13.8. The summed E-state index contributed by atoms with van der Waals surface area (Å²) >= 11 is 9.48. The van der Waals surface area contributed by atoms with E-state index in [0.717, 1.165) is 21.3 Å². The second-order valence-electron chi connectivity index (χ2n) is 4.22. The van der Waals surface area contributed by atoms with Crippen LogP contribution in [0.15, 0.2) is 46.9 Å². The molecule has 2 aromatic carbocycles. The van der Waals surface area contributed by atoms with Crippen molar-refractivity contribution in [2.45, 2.75) is 13.0 Å². The van der Waals surface area contributed by atoms with Crippen molar-refractivity contribution < 1.29 is 0 Å². The van der Waals surface area contributed by atoms with E-state index in [4.69, 9.17) is 11.6 Å². The van der Waals surface area contributed by atoms with Crippen LogP contribution >= 0.6 is 27.5 Å². The van der Waals surface area contributed by atoms with Crippen LogP contribution in [0.5, 0.6) is 0 Å². The number of hydrogen-bond donors (Lipinski definition) is 1. The van der Waals surface area contributed by atoms with Gasteiger partial charge in [0.15, 0.2) is 0 Å². The molecule has 0 radical (unpaired) electrons. The largest absolute Gasteiger partial charge is 0.366 e. The maximum atomic E-state index is 9.29. The van der Waals surface area contributed by atoms with Gasteiger partial charge in [-0.3, -0.25) is 0 Å². The summed E-state index contributed by atoms with van der Waals surface area (Å²) in [6.45, 7) is 1.94. The monoisotopic (exact) mass is 334 g/mol. The van der Waals surface area contributed by atoms with Crippen LogP contribution in [0.25, 0.3) is 0 Å². The third kappa shape index (κ3) is 3.50. The van der Waals surface area contributed by atoms with Gasteiger partial charge in [-0.05, 0) is 48.4 Å². The highest BCUT2D eigenvalue weighted by Gasteiger charge is 2.11. The lowest BCUT2D eigenvalue weighted by Crippen LogP contribution is -2.08. The van der Waals surface area contributed by atoms with Gasteiger partial charge in [-0.15, -0.1) is 0 Å². The van der Waals surface area contributed by atoms with E-state index in [1.54, 1.807) is 0 Å². The first kappa shape index (κ1) is 13.9. The standard InChI is InChI=1S/C15H12BrClN2/c1-10-2-3-11(8-14(10)17)15(9-18)19-13-6-4-12(16)5-7-13/h2-8,15,19H,1H3. The molecule has 2 nitrogen and oxygen atoms in total. The number of nitrogens with zero attached hydrogens (tertiary/aromatic N) is 1. The number of nitrogens with one attached hydrogen (secondary N) is 1. The van der Waals surface area contributed by atoms with Crippen molar-refractivity contribution in [1.29, 1.82) is 5.26 Å². The minimum atomic E-state index is -0.417. The van der Waals surface area contributed by atoms with Crippen molar-refractivity contribution in [3.63, 3.8) is 0 Å². The van der Waals surface area contributed by atoms with Crippen molar-refractivity contribution in [2.24, 2.45) is 0 Å². The van der Waals surface area contributed by atoms with Gasteiger partial charge in [0, 0.05) is 15.2 Å². The number of rotatable bonds is 3. The summed E-state index contributed by atoms with van der Waals surface area (Å²) < 4.78 is 1.00. The number of nitriles is 1. The SMILES string of the molecule is Cc1ccc(C(C#N)Nc2ccc(Br)cc2)cc1Cl. The number of benzene rings is 2. The average molecular weight is 336 g/mol. The highest BCUT2D eigenvalue weighted by molar-refractivity contribution is 9.10. The normalized spacial score (nSPS) is 11.7. The molecule has 1 atom stereocenters. The summed E-state index contributed by atoms with van der Waals surface area (Å²) in [5, 5.41) is 13.1. The predicted molar refractivity (Wildman–Crippen MR) is 82.3 cm³/mol. The first-order chi connectivity index (χ1) is 9.10. The molecule has 0 bridgehead atoms. The molecule has 19 heavy (non-hydrogen) atoms. The maximum Gasteiger partial charge on any atom is 0.140 e. The third-order valence-electron chi connectivity index (χ3n) is 2.81. The second kappa shape index (κ2) is 6.10. The summed E-state index contributed by atoms with van der Waals surface area (Å²) in [7, 11) is 0. The molecule has 0 fully saturated rings. The Hall–Kier alpha value is -1.50. The second-order valence-corrected chi connectivity index (χ2v) is 5.54. The molecule has 0 aliphatic rings. The lowest BCUT2D eigenvalue weighted by Gasteiger charge is -2.14. The van der Waals surface area contributed by atoms with E-state index in [1.807, 2.05) is 49.4 Å². The van der Waals surface area contributed by atoms with Crippen molar-refractivity contribution in [3.8, 4) is 6.07 Å². The molecule has 96 valence electrons. The quantitative estimate of drug-likeness (QED) is 0.848. The van der Waals surface area contributed by atoms with Crippen molar-refractivity contribution in [1.82, 2.24) is 0 Å². The Bertz CT molecular complexity index is 617. The number of anilines is 1. The van der Waals surface area contributed by atoms with E-state index in [2.05, 4.69) is 27.3 Å². The Balaban J connectivity index is 2.23. The molecule has 0 aliphatic carbocycles. The smallest absolute Gasteiger partial charge is 0.140 e. The molecule has 1 N–H and O–H groups in total. The van der Waals surface area contributed by atoms with E-state index in [1.165, 1.54) is 0 Å². The van der Waals surface area contributed by atoms with Gasteiger partial charge in [-0.1, -0.05) is 39.7 Å². The maximum absolute atomic E-state index is 9.29. The Labute approximate surface area is 126 Å². The van der Waals surface area contributed by atoms with Gasteiger partial charge in [-0.25, -0.2) is 0 Å². The van der Waals surface area contributed by atoms with Crippen LogP contribution in [-0.4, -0.2) is 0 Å². The highest BCUT2D eigenvalue weighted by Crippen LogP contribution is 2.24. The summed E-state index contributed by atoms with van der Waals surface area (Å²) in [5.74, 6) is 0. The Morgan fingerprint density at radius 2 is 1.89 bits per heavy atom. The summed E-state index contributed by atoms with van der Waals surface area (Å²) in [5.41, 5.74) is 2.76. The predicted octanol–water partition coefficient (Wildman–Crippen LogP) is 5.09. The molecule has 0 saturated heterocycles. The van der Waals surface area contributed by atoms with E-state index in [-0.39, 0.29) is 0 Å². The Morgan fingerprint density at radius 3 is 2.47 bits per heavy atom. The van der Waals surface area contributed by atoms with Gasteiger partial charge < -0.3 is 5.32 Å². The fraction of sp³-hybridized carbons (Fsp3) is 0.133. The molecule has 4 heteroatoms. The minimum absolute atomic E-state index is 0.417. The van der Waals surface area contributed by atoms with Crippen molar-refractivity contribution in [3.05, 3.63) is 63.1 Å². The first-order valence-electron chi connectivity index (χ1n) is 5.78. The van der Waals surface area contributed by atoms with Crippen LogP contribution in [0, 0.1) is 18.3 Å². The number of halogens is 2. The molecule has 1 unspecified atom stereocenters. The Morgan fingerprint density at radius 1 is 1.21 bits per heavy atom. The van der Waals surface area contributed by atoms with Gasteiger partial charge in [-0.2, -0.15) is 5.26 Å². The fourth-order valence-corrected chi connectivity index (χ4v) is 2.14. The molecule has 2 rings (SSSR count). The van der Waals surface area contributed by atoms with Crippen LogP contribution in [0.1, 0.15) is 17.2 Å². The van der Waals surface area contributed by atoms with Crippen LogP contribution in [0.4, 0.5) is 5.69 Å². The van der Waals surface area contributed by atoms with Gasteiger partial charge in [0.2, 0.25) is 0 Å². The van der Waals surface area contributed by atoms with Gasteiger partial charge in [0.25, 0.3) is 0 Å². The number of aryl methyl sites for hydroxylation is 1. The van der Waals surface area contributed by atoms with E-state index in [0.29, 0.717) is 5.02 Å². The molecule has 0 amide bonds. The summed E-state index contributed by atoms with van der Waals surface area (Å²) in [4.78, 5) is 0. The molecular weight excluding hydrogens is 324 g/mol. The molecule has 0 aromatic heterocycles. The van der Waals surface area contributed by atoms with Crippen molar-refractivity contribution in [2.75, 3.05) is 5.32 Å². The van der Waals surface area contributed by atoms with Gasteiger partial charge in [0.05, 0.1) is 6.07 Å². The van der Waals surface area contributed by atoms with Gasteiger partial charge >= 0.3 is 0 Å². The third-order valence-corrected chi connectivity index (χ3v) is 3.75. The highest BCUT2D eigenvalue weighted by atomic mass is 79.9. The zero-order valence-electron chi connectivity index (χ0n) is 10.3. The van der Waals surface area contributed by atoms with Crippen LogP contribution < -0.4 is 5.32 Å². The van der Waals surface area contributed by atoms with Gasteiger partial charge in [0.1, 0.15) is 6.04 Å². The minimum Gasteiger partial charge on any atom is -0.366 e. The first-order valence-corrected chi connectivity index (χ1v) is 6.95. The summed E-state index contributed by atoms with van der Waals surface area (Å²) in [6, 6.07) is 15.2.